The summed E-state index contributed by atoms with van der Waals surface area (Å²) in [6, 6.07) is 6.82. The van der Waals surface area contributed by atoms with Crippen molar-refractivity contribution in [3.8, 4) is 0 Å². The topological polar surface area (TPSA) is 15.8 Å². The zero-order chi connectivity index (χ0) is 8.84. The lowest BCUT2D eigenvalue weighted by Crippen LogP contribution is -1.82. The van der Waals surface area contributed by atoms with Crippen LogP contribution < -0.4 is 0 Å². The van der Waals surface area contributed by atoms with E-state index in [-0.39, 0.29) is 0 Å². The Morgan fingerprint density at radius 2 is 2.15 bits per heavy atom. The van der Waals surface area contributed by atoms with Crippen LogP contribution in [0.5, 0.6) is 0 Å². The SMILES string of the molecule is Cc1cc(C2CC2)cc2cc[nH]c12. The maximum atomic E-state index is 3.27. The van der Waals surface area contributed by atoms with Crippen LogP contribution in [0.1, 0.15) is 29.9 Å². The molecule has 13 heavy (non-hydrogen) atoms. The predicted molar refractivity (Wildman–Crippen MR) is 55.0 cm³/mol. The Hall–Kier alpha value is -1.24. The van der Waals surface area contributed by atoms with Crippen LogP contribution in [0.3, 0.4) is 0 Å². The lowest BCUT2D eigenvalue weighted by Gasteiger charge is -2.01. The molecule has 1 aromatic heterocycles. The van der Waals surface area contributed by atoms with E-state index in [2.05, 4.69) is 30.1 Å². The summed E-state index contributed by atoms with van der Waals surface area (Å²) in [7, 11) is 0. The van der Waals surface area contributed by atoms with Crippen molar-refractivity contribution < 1.29 is 0 Å². The van der Waals surface area contributed by atoms with Gasteiger partial charge < -0.3 is 4.98 Å². The van der Waals surface area contributed by atoms with Gasteiger partial charge in [0.15, 0.2) is 0 Å². The average Bonchev–Trinajstić information content (AvgIpc) is 2.85. The molecule has 0 spiro atoms. The highest BCUT2D eigenvalue weighted by Crippen LogP contribution is 2.41. The largest absolute Gasteiger partial charge is 0.361 e. The van der Waals surface area contributed by atoms with Gasteiger partial charge in [-0.15, -0.1) is 0 Å². The summed E-state index contributed by atoms with van der Waals surface area (Å²) in [5, 5.41) is 1.36. The first kappa shape index (κ1) is 7.19. The second kappa shape index (κ2) is 2.38. The molecule has 1 heterocycles. The molecule has 1 N–H and O–H groups in total. The summed E-state index contributed by atoms with van der Waals surface area (Å²) in [6.45, 7) is 2.19. The van der Waals surface area contributed by atoms with Crippen molar-refractivity contribution in [3.05, 3.63) is 35.5 Å². The summed E-state index contributed by atoms with van der Waals surface area (Å²) in [5.41, 5.74) is 4.21. The van der Waals surface area contributed by atoms with Gasteiger partial charge >= 0.3 is 0 Å². The standard InChI is InChI=1S/C12H13N/c1-8-6-11(9-2-3-9)7-10-4-5-13-12(8)10/h4-7,9,13H,2-3H2,1H3. The molecule has 1 fully saturated rings. The molecule has 1 nitrogen and oxygen atoms in total. The fraction of sp³-hybridized carbons (Fsp3) is 0.333. The van der Waals surface area contributed by atoms with E-state index in [1.165, 1.54) is 34.9 Å². The zero-order valence-corrected chi connectivity index (χ0v) is 7.80. The second-order valence-electron chi connectivity index (χ2n) is 4.05. The number of hydrogen-bond donors (Lipinski definition) is 1. The van der Waals surface area contributed by atoms with Crippen LogP contribution in [0.2, 0.25) is 0 Å². The van der Waals surface area contributed by atoms with Gasteiger partial charge in [-0.05, 0) is 54.3 Å². The molecule has 0 radical (unpaired) electrons. The molecule has 1 heteroatoms. The molecule has 3 rings (SSSR count). The average molecular weight is 171 g/mol. The molecule has 1 aromatic carbocycles. The molecule has 0 amide bonds. The van der Waals surface area contributed by atoms with Crippen LogP contribution >= 0.6 is 0 Å². The summed E-state index contributed by atoms with van der Waals surface area (Å²) in [5.74, 6) is 0.859. The van der Waals surface area contributed by atoms with Crippen LogP contribution in [0.25, 0.3) is 10.9 Å². The van der Waals surface area contributed by atoms with Crippen LogP contribution in [0, 0.1) is 6.92 Å². The monoisotopic (exact) mass is 171 g/mol. The molecule has 0 saturated heterocycles. The molecule has 1 aliphatic rings. The fourth-order valence-corrected chi connectivity index (χ4v) is 2.04. The third kappa shape index (κ3) is 1.07. The van der Waals surface area contributed by atoms with E-state index < -0.39 is 0 Å². The van der Waals surface area contributed by atoms with Gasteiger partial charge in [0.25, 0.3) is 0 Å². The summed E-state index contributed by atoms with van der Waals surface area (Å²) >= 11 is 0. The quantitative estimate of drug-likeness (QED) is 0.677. The first-order valence-corrected chi connectivity index (χ1v) is 4.92. The summed E-state index contributed by atoms with van der Waals surface area (Å²) < 4.78 is 0. The van der Waals surface area contributed by atoms with E-state index in [9.17, 15) is 0 Å². The van der Waals surface area contributed by atoms with E-state index in [4.69, 9.17) is 0 Å². The van der Waals surface area contributed by atoms with Crippen molar-refractivity contribution in [1.82, 2.24) is 4.98 Å². The van der Waals surface area contributed by atoms with Crippen molar-refractivity contribution in [2.24, 2.45) is 0 Å². The lowest BCUT2D eigenvalue weighted by molar-refractivity contribution is 1.13. The lowest BCUT2D eigenvalue weighted by atomic mass is 10.0. The summed E-state index contributed by atoms with van der Waals surface area (Å²) in [4.78, 5) is 3.27. The van der Waals surface area contributed by atoms with Gasteiger partial charge in [0, 0.05) is 11.7 Å². The minimum absolute atomic E-state index is 0.859. The Kier molecular flexibility index (Phi) is 1.32. The Morgan fingerprint density at radius 3 is 2.92 bits per heavy atom. The van der Waals surface area contributed by atoms with Gasteiger partial charge in [0.05, 0.1) is 0 Å². The third-order valence-electron chi connectivity index (χ3n) is 2.93. The fourth-order valence-electron chi connectivity index (χ4n) is 2.04. The molecular formula is C12H13N. The number of benzene rings is 1. The number of hydrogen-bond acceptors (Lipinski definition) is 0. The number of H-pyrrole nitrogens is 1. The molecule has 2 aromatic rings. The minimum Gasteiger partial charge on any atom is -0.361 e. The van der Waals surface area contributed by atoms with E-state index >= 15 is 0 Å². The Balaban J connectivity index is 2.27. The number of fused-ring (bicyclic) bond motifs is 1. The van der Waals surface area contributed by atoms with Gasteiger partial charge in [0.1, 0.15) is 0 Å². The number of aromatic amines is 1. The number of nitrogens with one attached hydrogen (secondary N) is 1. The van der Waals surface area contributed by atoms with E-state index in [0.29, 0.717) is 0 Å². The van der Waals surface area contributed by atoms with Crippen LogP contribution in [-0.2, 0) is 0 Å². The molecule has 66 valence electrons. The Morgan fingerprint density at radius 1 is 1.31 bits per heavy atom. The second-order valence-corrected chi connectivity index (χ2v) is 4.05. The summed E-state index contributed by atoms with van der Waals surface area (Å²) in [6.07, 6.45) is 4.79. The van der Waals surface area contributed by atoms with Crippen molar-refractivity contribution in [3.63, 3.8) is 0 Å². The molecule has 0 unspecified atom stereocenters. The van der Waals surface area contributed by atoms with Gasteiger partial charge in [-0.2, -0.15) is 0 Å². The minimum atomic E-state index is 0.859. The zero-order valence-electron chi connectivity index (χ0n) is 7.80. The van der Waals surface area contributed by atoms with E-state index in [1.807, 2.05) is 6.20 Å². The molecule has 0 bridgehead atoms. The third-order valence-corrected chi connectivity index (χ3v) is 2.93. The maximum Gasteiger partial charge on any atom is 0.0483 e. The van der Waals surface area contributed by atoms with Crippen LogP contribution in [-0.4, -0.2) is 4.98 Å². The Labute approximate surface area is 77.8 Å². The highest BCUT2D eigenvalue weighted by Gasteiger charge is 2.23. The maximum absolute atomic E-state index is 3.27. The van der Waals surface area contributed by atoms with Crippen molar-refractivity contribution >= 4 is 10.9 Å². The highest BCUT2D eigenvalue weighted by atomic mass is 14.7. The van der Waals surface area contributed by atoms with Crippen LogP contribution in [0.15, 0.2) is 24.4 Å². The van der Waals surface area contributed by atoms with Crippen molar-refractivity contribution in [2.75, 3.05) is 0 Å². The normalized spacial score (nSPS) is 16.7. The van der Waals surface area contributed by atoms with Gasteiger partial charge in [-0.1, -0.05) is 6.07 Å². The highest BCUT2D eigenvalue weighted by molar-refractivity contribution is 5.83. The number of aromatic nitrogens is 1. The molecular weight excluding hydrogens is 158 g/mol. The molecule has 0 atom stereocenters. The Bertz CT molecular complexity index is 449. The van der Waals surface area contributed by atoms with Crippen LogP contribution in [0.4, 0.5) is 0 Å². The number of rotatable bonds is 1. The molecule has 1 saturated carbocycles. The van der Waals surface area contributed by atoms with E-state index in [1.54, 1.807) is 0 Å². The van der Waals surface area contributed by atoms with Gasteiger partial charge in [0.2, 0.25) is 0 Å². The first-order chi connectivity index (χ1) is 6.34. The van der Waals surface area contributed by atoms with Gasteiger partial charge in [-0.3, -0.25) is 0 Å². The van der Waals surface area contributed by atoms with Crippen molar-refractivity contribution in [1.29, 1.82) is 0 Å². The van der Waals surface area contributed by atoms with Gasteiger partial charge in [-0.25, -0.2) is 0 Å². The number of aryl methyl sites for hydroxylation is 1. The first-order valence-electron chi connectivity index (χ1n) is 4.92. The van der Waals surface area contributed by atoms with Crippen molar-refractivity contribution in [2.45, 2.75) is 25.7 Å². The molecule has 1 aliphatic carbocycles. The smallest absolute Gasteiger partial charge is 0.0483 e. The predicted octanol–water partition coefficient (Wildman–Crippen LogP) is 3.35. The molecule has 0 aliphatic heterocycles. The van der Waals surface area contributed by atoms with E-state index in [0.717, 1.165) is 5.92 Å².